The van der Waals surface area contributed by atoms with Crippen LogP contribution in [-0.4, -0.2) is 79.9 Å². The topological polar surface area (TPSA) is 139 Å². The van der Waals surface area contributed by atoms with Crippen LogP contribution in [0.3, 0.4) is 0 Å². The van der Waals surface area contributed by atoms with Crippen molar-refractivity contribution in [3.05, 3.63) is 81.8 Å². The predicted molar refractivity (Wildman–Crippen MR) is 169 cm³/mol. The summed E-state index contributed by atoms with van der Waals surface area (Å²) in [7, 11) is 1.53. The molecule has 2 aliphatic rings. The van der Waals surface area contributed by atoms with Crippen LogP contribution in [0.4, 0.5) is 10.2 Å². The maximum atomic E-state index is 13.3. The van der Waals surface area contributed by atoms with Crippen molar-refractivity contribution >= 4 is 17.6 Å². The highest BCUT2D eigenvalue weighted by molar-refractivity contribution is 6.07. The number of piperazine rings is 1. The van der Waals surface area contributed by atoms with Crippen molar-refractivity contribution in [1.29, 1.82) is 0 Å². The van der Waals surface area contributed by atoms with E-state index in [9.17, 15) is 19.1 Å². The number of benzene rings is 2. The molecule has 0 bridgehead atoms. The molecule has 2 aliphatic heterocycles. The monoisotopic (exact) mass is 609 g/mol. The molecule has 0 spiro atoms. The summed E-state index contributed by atoms with van der Waals surface area (Å²) in [5.74, 6) is -0.648. The summed E-state index contributed by atoms with van der Waals surface area (Å²) in [6.07, 6.45) is 4.98. The van der Waals surface area contributed by atoms with Gasteiger partial charge in [-0.05, 0) is 86.6 Å². The molecule has 44 heavy (non-hydrogen) atoms. The molecule has 3 heterocycles. The maximum absolute atomic E-state index is 13.3. The molecule has 0 unspecified atom stereocenters. The number of hydrogen-bond donors (Lipinski definition) is 4. The summed E-state index contributed by atoms with van der Waals surface area (Å²) in [4.78, 5) is 30.3. The number of hydrogen-bond acceptors (Lipinski definition) is 8. The SMILES string of the molecule is C1CCOC1.COc1cnc(NC(=O)c2cc(C(N)=O)c(O)cc2C)c(C)c1.Cc1ccc(CCN2CCNCC2)cc1F. The van der Waals surface area contributed by atoms with Gasteiger partial charge in [-0.1, -0.05) is 12.1 Å². The zero-order valence-electron chi connectivity index (χ0n) is 26.0. The minimum absolute atomic E-state index is 0.0854. The van der Waals surface area contributed by atoms with Gasteiger partial charge in [0.25, 0.3) is 11.8 Å². The first kappa shape index (κ1) is 34.4. The summed E-state index contributed by atoms with van der Waals surface area (Å²) in [5.41, 5.74) is 8.37. The van der Waals surface area contributed by atoms with Crippen LogP contribution in [0.5, 0.6) is 11.5 Å². The number of carbonyl (C=O) groups is 2. The van der Waals surface area contributed by atoms with E-state index in [4.69, 9.17) is 15.2 Å². The summed E-state index contributed by atoms with van der Waals surface area (Å²) < 4.78 is 23.3. The Morgan fingerprint density at radius 1 is 1.05 bits per heavy atom. The van der Waals surface area contributed by atoms with E-state index in [2.05, 4.69) is 20.5 Å². The number of pyridine rings is 1. The Kier molecular flexibility index (Phi) is 13.5. The molecule has 2 fully saturated rings. The molecule has 0 atom stereocenters. The number of aryl methyl sites for hydroxylation is 3. The third-order valence-electron chi connectivity index (χ3n) is 7.36. The Hall–Kier alpha value is -4.06. The van der Waals surface area contributed by atoms with E-state index in [1.165, 1.54) is 38.3 Å². The van der Waals surface area contributed by atoms with Gasteiger partial charge in [0.1, 0.15) is 23.1 Å². The number of anilines is 1. The number of halogens is 1. The Bertz CT molecular complexity index is 1400. The lowest BCUT2D eigenvalue weighted by atomic mass is 10.0. The Balaban J connectivity index is 0.000000216. The molecule has 11 heteroatoms. The number of carbonyl (C=O) groups excluding carboxylic acids is 2. The number of nitrogens with zero attached hydrogens (tertiary/aromatic N) is 2. The summed E-state index contributed by atoms with van der Waals surface area (Å²) >= 11 is 0. The van der Waals surface area contributed by atoms with Crippen LogP contribution >= 0.6 is 0 Å². The third kappa shape index (κ3) is 10.6. The van der Waals surface area contributed by atoms with Gasteiger partial charge in [-0.15, -0.1) is 0 Å². The van der Waals surface area contributed by atoms with E-state index < -0.39 is 11.8 Å². The molecule has 0 saturated carbocycles. The second-order valence-electron chi connectivity index (χ2n) is 10.8. The number of aromatic hydroxyl groups is 1. The highest BCUT2D eigenvalue weighted by Crippen LogP contribution is 2.24. The van der Waals surface area contributed by atoms with Gasteiger partial charge in [-0.2, -0.15) is 0 Å². The lowest BCUT2D eigenvalue weighted by Crippen LogP contribution is -2.44. The molecule has 2 amide bonds. The first-order chi connectivity index (χ1) is 21.1. The minimum Gasteiger partial charge on any atom is -0.507 e. The highest BCUT2D eigenvalue weighted by atomic mass is 19.1. The van der Waals surface area contributed by atoms with E-state index in [1.807, 2.05) is 12.1 Å². The van der Waals surface area contributed by atoms with Crippen molar-refractivity contribution in [3.63, 3.8) is 0 Å². The van der Waals surface area contributed by atoms with Gasteiger partial charge in [0.2, 0.25) is 0 Å². The van der Waals surface area contributed by atoms with Gasteiger partial charge >= 0.3 is 0 Å². The van der Waals surface area contributed by atoms with Crippen LogP contribution < -0.4 is 21.1 Å². The fourth-order valence-corrected chi connectivity index (χ4v) is 4.63. The van der Waals surface area contributed by atoms with Crippen LogP contribution in [0.25, 0.3) is 0 Å². The van der Waals surface area contributed by atoms with Crippen molar-refractivity contribution in [2.75, 3.05) is 58.4 Å². The van der Waals surface area contributed by atoms with Crippen molar-refractivity contribution in [2.45, 2.75) is 40.0 Å². The minimum atomic E-state index is -0.810. The summed E-state index contributed by atoms with van der Waals surface area (Å²) in [5, 5.41) is 15.7. The molecular formula is C33H44FN5O5. The van der Waals surface area contributed by atoms with E-state index >= 15 is 0 Å². The molecule has 5 N–H and O–H groups in total. The molecule has 238 valence electrons. The zero-order chi connectivity index (χ0) is 32.1. The average molecular weight is 610 g/mol. The van der Waals surface area contributed by atoms with Crippen molar-refractivity contribution in [2.24, 2.45) is 5.73 Å². The van der Waals surface area contributed by atoms with Gasteiger partial charge < -0.3 is 35.8 Å². The van der Waals surface area contributed by atoms with Gasteiger partial charge in [0.15, 0.2) is 0 Å². The fraction of sp³-hybridized carbons (Fsp3) is 0.424. The lowest BCUT2D eigenvalue weighted by molar-refractivity contribution is 0.0997. The molecule has 2 aromatic carbocycles. The molecular weight excluding hydrogens is 565 g/mol. The van der Waals surface area contributed by atoms with E-state index in [1.54, 1.807) is 32.9 Å². The molecule has 2 saturated heterocycles. The molecule has 3 aromatic rings. The Morgan fingerprint density at radius 3 is 2.32 bits per heavy atom. The number of phenols is 1. The molecule has 0 aliphatic carbocycles. The Labute approximate surface area is 258 Å². The summed E-state index contributed by atoms with van der Waals surface area (Å²) in [6, 6.07) is 9.88. The average Bonchev–Trinajstić information content (AvgIpc) is 3.60. The standard InChI is InChI=1S/C16H17N3O4.C13H19FN2.C4H8O/c1-8-5-13(20)12(14(17)21)6-11(8)16(22)19-15-9(2)4-10(23-3)7-18-15;1-11-2-3-12(10-13(11)14)4-7-16-8-5-15-6-9-16;1-2-4-5-3-1/h4-7,20H,1-3H3,(H2,17,21)(H,18,19,22);2-3,10,15H,4-9H2,1H3;1-4H2. The van der Waals surface area contributed by atoms with E-state index in [0.717, 1.165) is 69.0 Å². The first-order valence-corrected chi connectivity index (χ1v) is 14.8. The molecule has 5 rings (SSSR count). The second kappa shape index (κ2) is 17.3. The van der Waals surface area contributed by atoms with Crippen molar-refractivity contribution in [3.8, 4) is 11.5 Å². The largest absolute Gasteiger partial charge is 0.507 e. The Morgan fingerprint density at radius 2 is 1.75 bits per heavy atom. The van der Waals surface area contributed by atoms with Crippen LogP contribution in [-0.2, 0) is 11.2 Å². The van der Waals surface area contributed by atoms with Crippen molar-refractivity contribution < 1.29 is 28.6 Å². The lowest BCUT2D eigenvalue weighted by Gasteiger charge is -2.27. The number of methoxy groups -OCH3 is 1. The number of ether oxygens (including phenoxy) is 2. The van der Waals surface area contributed by atoms with Crippen molar-refractivity contribution in [1.82, 2.24) is 15.2 Å². The smallest absolute Gasteiger partial charge is 0.257 e. The second-order valence-corrected chi connectivity index (χ2v) is 10.8. The number of nitrogens with one attached hydrogen (secondary N) is 2. The molecule has 10 nitrogen and oxygen atoms in total. The number of nitrogens with two attached hydrogens (primary N) is 1. The highest BCUT2D eigenvalue weighted by Gasteiger charge is 2.17. The number of amides is 2. The normalized spacial score (nSPS) is 14.5. The fourth-order valence-electron chi connectivity index (χ4n) is 4.63. The van der Waals surface area contributed by atoms with E-state index in [-0.39, 0.29) is 22.7 Å². The first-order valence-electron chi connectivity index (χ1n) is 14.8. The molecule has 0 radical (unpaired) electrons. The molecule has 1 aromatic heterocycles. The van der Waals surface area contributed by atoms with Gasteiger partial charge in [-0.3, -0.25) is 9.59 Å². The van der Waals surface area contributed by atoms with Crippen LogP contribution in [0.2, 0.25) is 0 Å². The zero-order valence-corrected chi connectivity index (χ0v) is 26.0. The van der Waals surface area contributed by atoms with Crippen LogP contribution in [0, 0.1) is 26.6 Å². The predicted octanol–water partition coefficient (Wildman–Crippen LogP) is 4.14. The van der Waals surface area contributed by atoms with Gasteiger partial charge in [-0.25, -0.2) is 9.37 Å². The number of rotatable bonds is 7. The third-order valence-corrected chi connectivity index (χ3v) is 7.36. The van der Waals surface area contributed by atoms with Crippen LogP contribution in [0.15, 0.2) is 42.6 Å². The van der Waals surface area contributed by atoms with E-state index in [0.29, 0.717) is 17.1 Å². The van der Waals surface area contributed by atoms with Crippen LogP contribution in [0.1, 0.15) is 55.8 Å². The maximum Gasteiger partial charge on any atom is 0.257 e. The number of aromatic nitrogens is 1. The quantitative estimate of drug-likeness (QED) is 0.314. The van der Waals surface area contributed by atoms with Gasteiger partial charge in [0, 0.05) is 51.5 Å². The number of primary amides is 1. The summed E-state index contributed by atoms with van der Waals surface area (Å²) in [6.45, 7) is 12.6. The van der Waals surface area contributed by atoms with Gasteiger partial charge in [0.05, 0.1) is 18.9 Å².